The van der Waals surface area contributed by atoms with E-state index in [0.29, 0.717) is 18.4 Å². The number of ether oxygens (including phenoxy) is 1. The number of hydrogen-bond donors (Lipinski definition) is 2. The Bertz CT molecular complexity index is 1450. The first-order valence-corrected chi connectivity index (χ1v) is 14.2. The fourth-order valence-electron chi connectivity index (χ4n) is 4.33. The van der Waals surface area contributed by atoms with Gasteiger partial charge >= 0.3 is 6.09 Å². The number of pyridine rings is 2. The maximum atomic E-state index is 13.2. The molecule has 12 heteroatoms. The maximum absolute atomic E-state index is 13.2. The third-order valence-electron chi connectivity index (χ3n) is 6.27. The largest absolute Gasteiger partial charge is 0.414 e. The van der Waals surface area contributed by atoms with Crippen LogP contribution >= 0.6 is 0 Å². The number of hydrogen-bond acceptors (Lipinski definition) is 8. The van der Waals surface area contributed by atoms with E-state index in [1.165, 1.54) is 12.3 Å². The molecule has 2 N–H and O–H groups in total. The summed E-state index contributed by atoms with van der Waals surface area (Å²) in [6.45, 7) is 3.53. The van der Waals surface area contributed by atoms with Gasteiger partial charge in [0.1, 0.15) is 6.04 Å². The second kappa shape index (κ2) is 12.3. The number of ketones is 1. The molecule has 1 fully saturated rings. The Morgan fingerprint density at radius 3 is 2.62 bits per heavy atom. The van der Waals surface area contributed by atoms with Crippen LogP contribution in [0.3, 0.4) is 0 Å². The number of sulfonamides is 1. The first-order chi connectivity index (χ1) is 18.6. The molecule has 2 amide bonds. The van der Waals surface area contributed by atoms with E-state index in [-0.39, 0.29) is 36.3 Å². The van der Waals surface area contributed by atoms with Crippen molar-refractivity contribution in [3.05, 3.63) is 60.8 Å². The van der Waals surface area contributed by atoms with Gasteiger partial charge in [0.05, 0.1) is 18.1 Å². The van der Waals surface area contributed by atoms with Crippen LogP contribution in [0.5, 0.6) is 5.88 Å². The van der Waals surface area contributed by atoms with Crippen LogP contribution in [0, 0.1) is 5.92 Å². The van der Waals surface area contributed by atoms with Crippen LogP contribution in [0.4, 0.5) is 4.79 Å². The molecule has 1 aliphatic rings. The van der Waals surface area contributed by atoms with Gasteiger partial charge in [-0.05, 0) is 49.4 Å². The van der Waals surface area contributed by atoms with Crippen molar-refractivity contribution < 1.29 is 27.5 Å². The van der Waals surface area contributed by atoms with Gasteiger partial charge in [0.2, 0.25) is 11.8 Å². The molecule has 0 aliphatic carbocycles. The zero-order valence-electron chi connectivity index (χ0n) is 21.7. The molecule has 1 aromatic carbocycles. The predicted octanol–water partition coefficient (Wildman–Crippen LogP) is 2.67. The molecule has 2 aromatic heterocycles. The Kier molecular flexibility index (Phi) is 8.87. The van der Waals surface area contributed by atoms with Gasteiger partial charge in [0.25, 0.3) is 10.0 Å². The van der Waals surface area contributed by atoms with Crippen molar-refractivity contribution in [1.29, 1.82) is 0 Å². The molecule has 4 rings (SSSR count). The standard InChI is InChI=1S/C27H31N5O6S/c1-18(2)16-22(31-27(35)38-24-13-12-19-8-3-4-9-20(19)29-24)26(34)30-21-10-7-15-32(17-23(21)33)39(36,37)25-11-5-6-14-28-25/h3-6,8-9,11-14,18,21-22H,7,10,15-17H2,1-2H3,(H,30,34)(H,31,35)/t21-,22?/m0/s1. The summed E-state index contributed by atoms with van der Waals surface area (Å²) in [5.41, 5.74) is 0.658. The highest BCUT2D eigenvalue weighted by Crippen LogP contribution is 2.19. The Morgan fingerprint density at radius 2 is 1.87 bits per heavy atom. The molecule has 3 heterocycles. The molecule has 3 aromatic rings. The van der Waals surface area contributed by atoms with Crippen LogP contribution in [0.2, 0.25) is 0 Å². The molecule has 1 unspecified atom stereocenters. The summed E-state index contributed by atoms with van der Waals surface area (Å²) in [7, 11) is -3.95. The normalized spacial score (nSPS) is 17.4. The molecule has 39 heavy (non-hydrogen) atoms. The summed E-state index contributed by atoms with van der Waals surface area (Å²) in [5, 5.41) is 6.04. The van der Waals surface area contributed by atoms with E-state index in [9.17, 15) is 22.8 Å². The highest BCUT2D eigenvalue weighted by atomic mass is 32.2. The lowest BCUT2D eigenvalue weighted by Crippen LogP contribution is -2.53. The molecule has 2 atom stereocenters. The van der Waals surface area contributed by atoms with E-state index in [4.69, 9.17) is 4.74 Å². The number of benzene rings is 1. The number of carbonyl (C=O) groups excluding carboxylic acids is 3. The molecule has 0 bridgehead atoms. The van der Waals surface area contributed by atoms with Crippen LogP contribution in [-0.4, -0.2) is 65.6 Å². The van der Waals surface area contributed by atoms with Crippen LogP contribution in [0.15, 0.2) is 65.8 Å². The van der Waals surface area contributed by atoms with Gasteiger partial charge in [0, 0.05) is 24.2 Å². The number of rotatable bonds is 8. The predicted molar refractivity (Wildman–Crippen MR) is 143 cm³/mol. The zero-order valence-corrected chi connectivity index (χ0v) is 22.6. The van der Waals surface area contributed by atoms with Crippen molar-refractivity contribution in [2.75, 3.05) is 13.1 Å². The maximum Gasteiger partial charge on any atom is 0.414 e. The van der Waals surface area contributed by atoms with E-state index in [1.54, 1.807) is 30.3 Å². The minimum Gasteiger partial charge on any atom is -0.391 e. The van der Waals surface area contributed by atoms with E-state index < -0.39 is 39.9 Å². The Hall–Kier alpha value is -3.90. The minimum absolute atomic E-state index is 0.0451. The summed E-state index contributed by atoms with van der Waals surface area (Å²) in [6, 6.07) is 13.4. The molecule has 0 saturated carbocycles. The van der Waals surface area contributed by atoms with Crippen molar-refractivity contribution in [1.82, 2.24) is 24.9 Å². The highest BCUT2D eigenvalue weighted by molar-refractivity contribution is 7.89. The third-order valence-corrected chi connectivity index (χ3v) is 8.03. The fraction of sp³-hybridized carbons (Fsp3) is 0.370. The van der Waals surface area contributed by atoms with E-state index in [1.807, 2.05) is 32.0 Å². The number of fused-ring (bicyclic) bond motifs is 1. The first-order valence-electron chi connectivity index (χ1n) is 12.7. The topological polar surface area (TPSA) is 148 Å². The molecular formula is C27H31N5O6S. The number of nitrogens with one attached hydrogen (secondary N) is 2. The average molecular weight is 554 g/mol. The monoisotopic (exact) mass is 553 g/mol. The number of Topliss-reactive ketones (excluding diaryl/α,β-unsaturated/α-hetero) is 1. The molecule has 0 radical (unpaired) electrons. The quantitative estimate of drug-likeness (QED) is 0.433. The lowest BCUT2D eigenvalue weighted by atomic mass is 10.0. The van der Waals surface area contributed by atoms with Gasteiger partial charge in [0.15, 0.2) is 10.8 Å². The molecule has 206 valence electrons. The number of nitrogens with zero attached hydrogens (tertiary/aromatic N) is 3. The van der Waals surface area contributed by atoms with Crippen LogP contribution in [0.1, 0.15) is 33.1 Å². The van der Waals surface area contributed by atoms with Crippen molar-refractivity contribution in [2.24, 2.45) is 5.92 Å². The van der Waals surface area contributed by atoms with Crippen molar-refractivity contribution in [3.63, 3.8) is 0 Å². The number of para-hydroxylation sites is 1. The fourth-order valence-corrected chi connectivity index (χ4v) is 5.71. The lowest BCUT2D eigenvalue weighted by molar-refractivity contribution is -0.129. The smallest absolute Gasteiger partial charge is 0.391 e. The number of amides is 2. The second-order valence-electron chi connectivity index (χ2n) is 9.73. The van der Waals surface area contributed by atoms with Crippen LogP contribution in [0.25, 0.3) is 10.9 Å². The number of aromatic nitrogens is 2. The van der Waals surface area contributed by atoms with Crippen molar-refractivity contribution in [2.45, 2.75) is 50.2 Å². The highest BCUT2D eigenvalue weighted by Gasteiger charge is 2.35. The van der Waals surface area contributed by atoms with Gasteiger partial charge in [-0.25, -0.2) is 23.2 Å². The van der Waals surface area contributed by atoms with E-state index >= 15 is 0 Å². The molecule has 1 aliphatic heterocycles. The number of carbonyl (C=O) groups is 3. The Balaban J connectivity index is 1.40. The van der Waals surface area contributed by atoms with Gasteiger partial charge in [-0.2, -0.15) is 4.31 Å². The average Bonchev–Trinajstić information content (AvgIpc) is 3.10. The van der Waals surface area contributed by atoms with Gasteiger partial charge in [-0.3, -0.25) is 9.59 Å². The second-order valence-corrected chi connectivity index (χ2v) is 11.6. The molecule has 0 spiro atoms. The van der Waals surface area contributed by atoms with E-state index in [0.717, 1.165) is 9.69 Å². The van der Waals surface area contributed by atoms with Crippen molar-refractivity contribution in [3.8, 4) is 5.88 Å². The van der Waals surface area contributed by atoms with Gasteiger partial charge < -0.3 is 15.4 Å². The summed E-state index contributed by atoms with van der Waals surface area (Å²) in [5.74, 6) is -0.857. The summed E-state index contributed by atoms with van der Waals surface area (Å²) in [4.78, 5) is 47.0. The van der Waals surface area contributed by atoms with Crippen LogP contribution < -0.4 is 15.4 Å². The Morgan fingerprint density at radius 1 is 1.10 bits per heavy atom. The van der Waals surface area contributed by atoms with E-state index in [2.05, 4.69) is 20.6 Å². The van der Waals surface area contributed by atoms with Gasteiger partial charge in [-0.15, -0.1) is 0 Å². The third kappa shape index (κ3) is 7.15. The minimum atomic E-state index is -3.95. The summed E-state index contributed by atoms with van der Waals surface area (Å²) >= 11 is 0. The first kappa shape index (κ1) is 28.1. The summed E-state index contributed by atoms with van der Waals surface area (Å²) < 4.78 is 32.3. The Labute approximate surface area is 227 Å². The molecule has 11 nitrogen and oxygen atoms in total. The zero-order chi connectivity index (χ0) is 28.0. The SMILES string of the molecule is CC(C)CC(NC(=O)Oc1ccc2ccccc2n1)C(=O)N[C@H]1CCCN(S(=O)(=O)c2ccccn2)CC1=O. The summed E-state index contributed by atoms with van der Waals surface area (Å²) in [6.07, 6.45) is 1.45. The molecular weight excluding hydrogens is 522 g/mol. The van der Waals surface area contributed by atoms with Gasteiger partial charge in [-0.1, -0.05) is 38.1 Å². The lowest BCUT2D eigenvalue weighted by Gasteiger charge is -2.23. The molecule has 1 saturated heterocycles. The van der Waals surface area contributed by atoms with Crippen molar-refractivity contribution >= 4 is 38.7 Å². The van der Waals surface area contributed by atoms with Crippen LogP contribution in [-0.2, 0) is 19.6 Å².